The van der Waals surface area contributed by atoms with Crippen LogP contribution >= 0.6 is 23.4 Å². The van der Waals surface area contributed by atoms with Crippen molar-refractivity contribution in [3.05, 3.63) is 41.8 Å². The van der Waals surface area contributed by atoms with Crippen LogP contribution < -0.4 is 0 Å². The van der Waals surface area contributed by atoms with E-state index in [9.17, 15) is 0 Å². The van der Waals surface area contributed by atoms with Gasteiger partial charge in [-0.25, -0.2) is 9.97 Å². The second kappa shape index (κ2) is 4.59. The lowest BCUT2D eigenvalue weighted by atomic mass is 10.4. The van der Waals surface area contributed by atoms with Gasteiger partial charge in [0, 0.05) is 12.4 Å². The molecule has 0 saturated heterocycles. The second-order valence-electron chi connectivity index (χ2n) is 3.62. The summed E-state index contributed by atoms with van der Waals surface area (Å²) >= 11 is 7.65. The molecule has 6 heteroatoms. The van der Waals surface area contributed by atoms with Gasteiger partial charge in [0.05, 0.1) is 17.2 Å². The first-order valence-electron chi connectivity index (χ1n) is 5.28. The Morgan fingerprint density at radius 1 is 1.28 bits per heavy atom. The Bertz CT molecular complexity index is 710. The molecule has 0 aliphatic carbocycles. The normalized spacial score (nSPS) is 11.0. The maximum Gasteiger partial charge on any atom is 0.189 e. The highest BCUT2D eigenvalue weighted by Gasteiger charge is 2.10. The van der Waals surface area contributed by atoms with Gasteiger partial charge in [-0.3, -0.25) is 9.55 Å². The van der Waals surface area contributed by atoms with E-state index in [0.717, 1.165) is 11.0 Å². The first kappa shape index (κ1) is 11.5. The molecule has 0 aromatic carbocycles. The molecule has 0 aliphatic rings. The molecule has 3 aromatic rings. The smallest absolute Gasteiger partial charge is 0.189 e. The minimum atomic E-state index is 0.522. The summed E-state index contributed by atoms with van der Waals surface area (Å²) in [5.74, 6) is 0.680. The van der Waals surface area contributed by atoms with Gasteiger partial charge in [0.25, 0.3) is 0 Å². The van der Waals surface area contributed by atoms with Gasteiger partial charge in [-0.1, -0.05) is 23.4 Å². The summed E-state index contributed by atoms with van der Waals surface area (Å²) in [6, 6.07) is 5.81. The summed E-state index contributed by atoms with van der Waals surface area (Å²) in [5, 5.41) is 1.22. The lowest BCUT2D eigenvalue weighted by molar-refractivity contribution is 0.908. The van der Waals surface area contributed by atoms with Crippen molar-refractivity contribution in [3.8, 4) is 5.82 Å². The van der Waals surface area contributed by atoms with Gasteiger partial charge in [-0.05, 0) is 24.5 Å². The number of hydrogen-bond donors (Lipinski definition) is 0. The molecule has 18 heavy (non-hydrogen) atoms. The van der Waals surface area contributed by atoms with Gasteiger partial charge in [-0.15, -0.1) is 0 Å². The van der Waals surface area contributed by atoms with Gasteiger partial charge in [0.1, 0.15) is 5.02 Å². The number of thioether (sulfide) groups is 1. The van der Waals surface area contributed by atoms with E-state index in [-0.39, 0.29) is 0 Å². The topological polar surface area (TPSA) is 43.6 Å². The van der Waals surface area contributed by atoms with Gasteiger partial charge in [-0.2, -0.15) is 0 Å². The van der Waals surface area contributed by atoms with Crippen molar-refractivity contribution in [2.45, 2.75) is 5.16 Å². The van der Waals surface area contributed by atoms with Crippen LogP contribution in [-0.2, 0) is 0 Å². The summed E-state index contributed by atoms with van der Waals surface area (Å²) in [6.45, 7) is 0. The van der Waals surface area contributed by atoms with E-state index in [2.05, 4.69) is 15.0 Å². The summed E-state index contributed by atoms with van der Waals surface area (Å²) in [5.41, 5.74) is 1.89. The van der Waals surface area contributed by atoms with Crippen molar-refractivity contribution in [3.63, 3.8) is 0 Å². The minimum Gasteiger partial charge on any atom is -0.298 e. The van der Waals surface area contributed by atoms with Gasteiger partial charge < -0.3 is 0 Å². The number of fused-ring (bicyclic) bond motifs is 1. The standard InChI is InChI=1S/C12H9ClN4S/c1-18-12-15-7-8(13)11(16-12)17-6-4-9-10(17)3-2-5-14-9/h2-7H,1H3. The monoisotopic (exact) mass is 276 g/mol. The Labute approximate surface area is 113 Å². The molecule has 0 fully saturated rings. The maximum absolute atomic E-state index is 6.17. The highest BCUT2D eigenvalue weighted by atomic mass is 35.5. The third kappa shape index (κ3) is 1.85. The Balaban J connectivity index is 2.25. The second-order valence-corrected chi connectivity index (χ2v) is 4.80. The van der Waals surface area contributed by atoms with Crippen LogP contribution in [0.1, 0.15) is 0 Å². The SMILES string of the molecule is CSc1ncc(Cl)c(-n2ccc3ncccc32)n1. The number of pyridine rings is 1. The molecule has 0 bridgehead atoms. The van der Waals surface area contributed by atoms with Crippen LogP contribution in [-0.4, -0.2) is 25.8 Å². The summed E-state index contributed by atoms with van der Waals surface area (Å²) in [4.78, 5) is 12.9. The molecule has 0 atom stereocenters. The van der Waals surface area contributed by atoms with Crippen LogP contribution in [0.5, 0.6) is 0 Å². The number of halogens is 1. The zero-order chi connectivity index (χ0) is 12.5. The van der Waals surface area contributed by atoms with E-state index in [1.807, 2.05) is 35.2 Å². The molecule has 0 unspecified atom stereocenters. The third-order valence-corrected chi connectivity index (χ3v) is 3.40. The van der Waals surface area contributed by atoms with Gasteiger partial charge in [0.2, 0.25) is 0 Å². The van der Waals surface area contributed by atoms with Gasteiger partial charge in [0.15, 0.2) is 11.0 Å². The first-order valence-corrected chi connectivity index (χ1v) is 6.89. The molecule has 0 spiro atoms. The fourth-order valence-corrected chi connectivity index (χ4v) is 2.28. The van der Waals surface area contributed by atoms with Crippen molar-refractivity contribution < 1.29 is 0 Å². The Morgan fingerprint density at radius 2 is 2.17 bits per heavy atom. The van der Waals surface area contributed by atoms with E-state index in [1.54, 1.807) is 12.4 Å². The molecule has 3 heterocycles. The van der Waals surface area contributed by atoms with E-state index in [0.29, 0.717) is 16.0 Å². The number of aromatic nitrogens is 4. The van der Waals surface area contributed by atoms with Crippen LogP contribution in [0.3, 0.4) is 0 Å². The average Bonchev–Trinajstić information content (AvgIpc) is 2.83. The van der Waals surface area contributed by atoms with Crippen molar-refractivity contribution in [1.29, 1.82) is 0 Å². The maximum atomic E-state index is 6.17. The number of nitrogens with zero attached hydrogens (tertiary/aromatic N) is 4. The van der Waals surface area contributed by atoms with Crippen molar-refractivity contribution in [2.75, 3.05) is 6.26 Å². The van der Waals surface area contributed by atoms with Crippen molar-refractivity contribution >= 4 is 34.4 Å². The molecule has 0 N–H and O–H groups in total. The van der Waals surface area contributed by atoms with Crippen LogP contribution in [0, 0.1) is 0 Å². The number of hydrogen-bond acceptors (Lipinski definition) is 4. The molecule has 0 saturated carbocycles. The molecule has 0 amide bonds. The lowest BCUT2D eigenvalue weighted by Crippen LogP contribution is -1.99. The quantitative estimate of drug-likeness (QED) is 0.533. The zero-order valence-corrected chi connectivity index (χ0v) is 11.1. The predicted molar refractivity (Wildman–Crippen MR) is 73.5 cm³/mol. The lowest BCUT2D eigenvalue weighted by Gasteiger charge is -2.07. The van der Waals surface area contributed by atoms with Crippen molar-refractivity contribution in [1.82, 2.24) is 19.5 Å². The third-order valence-electron chi connectivity index (χ3n) is 2.57. The van der Waals surface area contributed by atoms with E-state index < -0.39 is 0 Å². The molecular formula is C12H9ClN4S. The summed E-state index contributed by atoms with van der Waals surface area (Å²) in [6.07, 6.45) is 7.23. The van der Waals surface area contributed by atoms with Gasteiger partial charge >= 0.3 is 0 Å². The summed E-state index contributed by atoms with van der Waals surface area (Å²) < 4.78 is 1.92. The largest absolute Gasteiger partial charge is 0.298 e. The van der Waals surface area contributed by atoms with Crippen LogP contribution in [0.15, 0.2) is 41.9 Å². The highest BCUT2D eigenvalue weighted by Crippen LogP contribution is 2.24. The summed E-state index contributed by atoms with van der Waals surface area (Å²) in [7, 11) is 0. The molecular weight excluding hydrogens is 268 g/mol. The molecule has 3 rings (SSSR count). The van der Waals surface area contributed by atoms with E-state index in [1.165, 1.54) is 11.8 Å². The molecule has 4 nitrogen and oxygen atoms in total. The number of rotatable bonds is 2. The van der Waals surface area contributed by atoms with Crippen molar-refractivity contribution in [2.24, 2.45) is 0 Å². The Hall–Kier alpha value is -1.59. The Morgan fingerprint density at radius 3 is 3.00 bits per heavy atom. The minimum absolute atomic E-state index is 0.522. The molecule has 3 aromatic heterocycles. The fraction of sp³-hybridized carbons (Fsp3) is 0.0833. The molecule has 0 radical (unpaired) electrons. The van der Waals surface area contributed by atoms with E-state index >= 15 is 0 Å². The molecule has 0 aliphatic heterocycles. The van der Waals surface area contributed by atoms with Crippen LogP contribution in [0.4, 0.5) is 0 Å². The van der Waals surface area contributed by atoms with Crippen LogP contribution in [0.2, 0.25) is 5.02 Å². The zero-order valence-electron chi connectivity index (χ0n) is 9.54. The highest BCUT2D eigenvalue weighted by molar-refractivity contribution is 7.98. The van der Waals surface area contributed by atoms with Crippen LogP contribution in [0.25, 0.3) is 16.9 Å². The average molecular weight is 277 g/mol. The molecule has 90 valence electrons. The predicted octanol–water partition coefficient (Wildman–Crippen LogP) is 3.19. The Kier molecular flexibility index (Phi) is 2.93. The van der Waals surface area contributed by atoms with E-state index in [4.69, 9.17) is 11.6 Å². The fourth-order valence-electron chi connectivity index (χ4n) is 1.76. The first-order chi connectivity index (χ1) is 8.79.